The lowest BCUT2D eigenvalue weighted by atomic mass is 10.2. The number of pyridine rings is 1. The summed E-state index contributed by atoms with van der Waals surface area (Å²) in [5, 5.41) is 5.32. The number of amides is 2. The molecule has 27 heavy (non-hydrogen) atoms. The minimum Gasteiger partial charge on any atom is -0.351 e. The second-order valence-corrected chi connectivity index (χ2v) is 8.28. The van der Waals surface area contributed by atoms with Gasteiger partial charge in [0.2, 0.25) is 15.9 Å². The molecule has 0 unspecified atom stereocenters. The van der Waals surface area contributed by atoms with E-state index >= 15 is 0 Å². The first-order valence-corrected chi connectivity index (χ1v) is 9.74. The smallest absolute Gasteiger partial charge is 0.252 e. The van der Waals surface area contributed by atoms with E-state index in [4.69, 9.17) is 11.6 Å². The fraction of sp³-hybridized carbons (Fsp3) is 0.235. The molecule has 0 fully saturated rings. The lowest BCUT2D eigenvalue weighted by molar-refractivity contribution is -0.116. The number of anilines is 1. The maximum Gasteiger partial charge on any atom is 0.252 e. The van der Waals surface area contributed by atoms with Crippen LogP contribution in [0.3, 0.4) is 0 Å². The van der Waals surface area contributed by atoms with Crippen molar-refractivity contribution in [2.75, 3.05) is 26.0 Å². The molecule has 1 heterocycles. The number of hydrogen-bond donors (Lipinski definition) is 2. The topological polar surface area (TPSA) is 108 Å². The molecule has 0 atom stereocenters. The van der Waals surface area contributed by atoms with Crippen LogP contribution in [0.2, 0.25) is 5.02 Å². The summed E-state index contributed by atoms with van der Waals surface area (Å²) in [5.74, 6) is -0.858. The fourth-order valence-electron chi connectivity index (χ4n) is 2.09. The van der Waals surface area contributed by atoms with E-state index in [2.05, 4.69) is 15.6 Å². The van der Waals surface area contributed by atoms with Gasteiger partial charge in [-0.1, -0.05) is 11.6 Å². The first-order valence-electron chi connectivity index (χ1n) is 7.92. The standard InChI is InChI=1S/C17H19ClN4O4S/c1-22(2)27(25,26)13-5-6-15(18)14(10-13)17(24)20-9-7-16(23)21-12-4-3-8-19-11-12/h3-6,8,10-11H,7,9H2,1-2H3,(H,20,24)(H,21,23). The Balaban J connectivity index is 1.99. The number of sulfonamides is 1. The highest BCUT2D eigenvalue weighted by atomic mass is 35.5. The summed E-state index contributed by atoms with van der Waals surface area (Å²) in [5.41, 5.74) is 0.575. The molecule has 2 rings (SSSR count). The summed E-state index contributed by atoms with van der Waals surface area (Å²) in [4.78, 5) is 28.0. The summed E-state index contributed by atoms with van der Waals surface area (Å²) >= 11 is 6.01. The third kappa shape index (κ3) is 5.49. The van der Waals surface area contributed by atoms with E-state index in [1.54, 1.807) is 18.3 Å². The predicted octanol–water partition coefficient (Wildman–Crippen LogP) is 1.74. The van der Waals surface area contributed by atoms with Crippen LogP contribution in [-0.4, -0.2) is 50.2 Å². The average molecular weight is 411 g/mol. The summed E-state index contributed by atoms with van der Waals surface area (Å²) in [7, 11) is -0.907. The van der Waals surface area contributed by atoms with Crippen LogP contribution in [0.1, 0.15) is 16.8 Å². The molecule has 0 aliphatic carbocycles. The van der Waals surface area contributed by atoms with Gasteiger partial charge in [-0.15, -0.1) is 0 Å². The molecule has 0 radical (unpaired) electrons. The average Bonchev–Trinajstić information content (AvgIpc) is 2.62. The van der Waals surface area contributed by atoms with Crippen LogP contribution in [0.4, 0.5) is 5.69 Å². The van der Waals surface area contributed by atoms with Gasteiger partial charge in [0.25, 0.3) is 5.91 Å². The second-order valence-electron chi connectivity index (χ2n) is 5.72. The van der Waals surface area contributed by atoms with Crippen LogP contribution in [0.5, 0.6) is 0 Å². The first-order chi connectivity index (χ1) is 12.7. The Kier molecular flexibility index (Phi) is 6.89. The van der Waals surface area contributed by atoms with Gasteiger partial charge >= 0.3 is 0 Å². The van der Waals surface area contributed by atoms with Gasteiger partial charge in [0, 0.05) is 33.3 Å². The highest BCUT2D eigenvalue weighted by molar-refractivity contribution is 7.89. The van der Waals surface area contributed by atoms with Crippen LogP contribution < -0.4 is 10.6 Å². The maximum absolute atomic E-state index is 12.3. The molecule has 2 N–H and O–H groups in total. The van der Waals surface area contributed by atoms with Gasteiger partial charge in [-0.2, -0.15) is 0 Å². The number of carbonyl (C=O) groups excluding carboxylic acids is 2. The lowest BCUT2D eigenvalue weighted by Gasteiger charge is -2.13. The number of benzene rings is 1. The molecular weight excluding hydrogens is 392 g/mol. The molecule has 8 nitrogen and oxygen atoms in total. The van der Waals surface area contributed by atoms with Gasteiger partial charge in [0.15, 0.2) is 0 Å². The van der Waals surface area contributed by atoms with Crippen molar-refractivity contribution in [2.24, 2.45) is 0 Å². The molecule has 2 aromatic rings. The zero-order valence-corrected chi connectivity index (χ0v) is 16.3. The molecule has 0 aliphatic rings. The third-order valence-corrected chi connectivity index (χ3v) is 5.68. The molecule has 1 aromatic carbocycles. The Hall–Kier alpha value is -2.49. The van der Waals surface area contributed by atoms with Crippen LogP contribution in [0, 0.1) is 0 Å². The monoisotopic (exact) mass is 410 g/mol. The van der Waals surface area contributed by atoms with Gasteiger partial charge in [-0.05, 0) is 30.3 Å². The van der Waals surface area contributed by atoms with Gasteiger partial charge in [-0.25, -0.2) is 12.7 Å². The Bertz CT molecular complexity index is 933. The number of carbonyl (C=O) groups is 2. The number of halogens is 1. The van der Waals surface area contributed by atoms with E-state index in [1.165, 1.54) is 38.5 Å². The summed E-state index contributed by atoms with van der Waals surface area (Å²) in [6.45, 7) is 0.0614. The van der Waals surface area contributed by atoms with Crippen molar-refractivity contribution < 1.29 is 18.0 Å². The van der Waals surface area contributed by atoms with Crippen molar-refractivity contribution >= 4 is 39.1 Å². The second kappa shape index (κ2) is 8.94. The van der Waals surface area contributed by atoms with Crippen molar-refractivity contribution in [2.45, 2.75) is 11.3 Å². The van der Waals surface area contributed by atoms with E-state index < -0.39 is 15.9 Å². The zero-order valence-electron chi connectivity index (χ0n) is 14.8. The predicted molar refractivity (Wildman–Crippen MR) is 102 cm³/mol. The Morgan fingerprint density at radius 3 is 2.59 bits per heavy atom. The maximum atomic E-state index is 12.3. The van der Waals surface area contributed by atoms with Crippen LogP contribution in [0.15, 0.2) is 47.6 Å². The van der Waals surface area contributed by atoms with Gasteiger partial charge in [0.05, 0.1) is 27.4 Å². The normalized spacial score (nSPS) is 11.3. The van der Waals surface area contributed by atoms with Crippen LogP contribution in [-0.2, 0) is 14.8 Å². The highest BCUT2D eigenvalue weighted by Gasteiger charge is 2.20. The molecule has 0 spiro atoms. The van der Waals surface area contributed by atoms with Crippen molar-refractivity contribution in [1.29, 1.82) is 0 Å². The van der Waals surface area contributed by atoms with Gasteiger partial charge in [0.1, 0.15) is 0 Å². The largest absolute Gasteiger partial charge is 0.351 e. The number of rotatable bonds is 7. The molecule has 0 aliphatic heterocycles. The number of nitrogens with zero attached hydrogens (tertiary/aromatic N) is 2. The van der Waals surface area contributed by atoms with Crippen LogP contribution >= 0.6 is 11.6 Å². The molecule has 0 saturated carbocycles. The molecule has 0 saturated heterocycles. The minimum absolute atomic E-state index is 0.0206. The van der Waals surface area contributed by atoms with Gasteiger partial charge < -0.3 is 10.6 Å². The van der Waals surface area contributed by atoms with Crippen molar-refractivity contribution in [3.63, 3.8) is 0 Å². The summed E-state index contributed by atoms with van der Waals surface area (Å²) < 4.78 is 25.4. The SMILES string of the molecule is CN(C)S(=O)(=O)c1ccc(Cl)c(C(=O)NCCC(=O)Nc2cccnc2)c1. The third-order valence-electron chi connectivity index (χ3n) is 3.54. The van der Waals surface area contributed by atoms with E-state index in [1.807, 2.05) is 0 Å². The molecule has 2 amide bonds. The molecule has 1 aromatic heterocycles. The quantitative estimate of drug-likeness (QED) is 0.722. The molecular formula is C17H19ClN4O4S. The summed E-state index contributed by atoms with van der Waals surface area (Å²) in [6.07, 6.45) is 3.13. The Morgan fingerprint density at radius 2 is 1.96 bits per heavy atom. The summed E-state index contributed by atoms with van der Waals surface area (Å²) in [6, 6.07) is 7.27. The number of aromatic nitrogens is 1. The minimum atomic E-state index is -3.69. The van der Waals surface area contributed by atoms with E-state index in [0.29, 0.717) is 5.69 Å². The van der Waals surface area contributed by atoms with E-state index in [0.717, 1.165) is 4.31 Å². The van der Waals surface area contributed by atoms with Gasteiger partial charge in [-0.3, -0.25) is 14.6 Å². The molecule has 144 valence electrons. The zero-order chi connectivity index (χ0) is 20.0. The number of nitrogens with one attached hydrogen (secondary N) is 2. The van der Waals surface area contributed by atoms with Crippen LogP contribution in [0.25, 0.3) is 0 Å². The van der Waals surface area contributed by atoms with Crippen molar-refractivity contribution in [1.82, 2.24) is 14.6 Å². The molecule has 0 bridgehead atoms. The fourth-order valence-corrected chi connectivity index (χ4v) is 3.23. The highest BCUT2D eigenvalue weighted by Crippen LogP contribution is 2.22. The van der Waals surface area contributed by atoms with E-state index in [9.17, 15) is 18.0 Å². The number of hydrogen-bond acceptors (Lipinski definition) is 5. The molecule has 10 heteroatoms. The Morgan fingerprint density at radius 1 is 1.22 bits per heavy atom. The van der Waals surface area contributed by atoms with E-state index in [-0.39, 0.29) is 34.4 Å². The van der Waals surface area contributed by atoms with Crippen molar-refractivity contribution in [3.8, 4) is 0 Å². The van der Waals surface area contributed by atoms with Crippen molar-refractivity contribution in [3.05, 3.63) is 53.3 Å². The first kappa shape index (κ1) is 20.8. The Labute approximate surface area is 162 Å². The lowest BCUT2D eigenvalue weighted by Crippen LogP contribution is -2.28.